The number of carboxylic acids is 1. The van der Waals surface area contributed by atoms with Gasteiger partial charge in [0, 0.05) is 18.3 Å². The first-order valence-corrected chi connectivity index (χ1v) is 5.39. The van der Waals surface area contributed by atoms with Crippen molar-refractivity contribution in [2.24, 2.45) is 0 Å². The van der Waals surface area contributed by atoms with Crippen LogP contribution in [-0.2, 0) is 0 Å². The van der Waals surface area contributed by atoms with Crippen LogP contribution in [0.5, 0.6) is 11.5 Å². The van der Waals surface area contributed by atoms with Crippen LogP contribution in [0.3, 0.4) is 0 Å². The zero-order chi connectivity index (χ0) is 15.6. The molecular formula is C12H6F2N2O5. The number of nitro groups is 1. The molecular weight excluding hydrogens is 290 g/mol. The van der Waals surface area contributed by atoms with Gasteiger partial charge in [-0.15, -0.1) is 0 Å². The summed E-state index contributed by atoms with van der Waals surface area (Å²) in [5.41, 5.74) is -1.65. The molecule has 0 saturated carbocycles. The fourth-order valence-corrected chi connectivity index (χ4v) is 1.55. The van der Waals surface area contributed by atoms with E-state index in [9.17, 15) is 23.7 Å². The summed E-state index contributed by atoms with van der Waals surface area (Å²) >= 11 is 0. The van der Waals surface area contributed by atoms with Crippen molar-refractivity contribution in [2.75, 3.05) is 0 Å². The van der Waals surface area contributed by atoms with Crippen LogP contribution in [0.25, 0.3) is 0 Å². The van der Waals surface area contributed by atoms with Gasteiger partial charge in [0.1, 0.15) is 5.82 Å². The van der Waals surface area contributed by atoms with E-state index in [-0.39, 0.29) is 5.75 Å². The van der Waals surface area contributed by atoms with Crippen molar-refractivity contribution >= 4 is 11.7 Å². The Morgan fingerprint density at radius 3 is 2.67 bits per heavy atom. The molecule has 0 aliphatic rings. The van der Waals surface area contributed by atoms with E-state index in [4.69, 9.17) is 9.84 Å². The van der Waals surface area contributed by atoms with Crippen molar-refractivity contribution in [2.45, 2.75) is 0 Å². The maximum absolute atomic E-state index is 13.4. The first-order valence-electron chi connectivity index (χ1n) is 5.39. The Bertz CT molecular complexity index is 736. The Hall–Kier alpha value is -3.10. The summed E-state index contributed by atoms with van der Waals surface area (Å²) in [5.74, 6) is -5.12. The standard InChI is InChI=1S/C12H6F2N2O5/c13-6-4-7(14)11(16(19)20)9(5-6)21-8-2-1-3-15-10(8)12(17)18/h1-5H,(H,17,18). The van der Waals surface area contributed by atoms with E-state index >= 15 is 0 Å². The fraction of sp³-hybridized carbons (Fsp3) is 0. The summed E-state index contributed by atoms with van der Waals surface area (Å²) in [6.07, 6.45) is 1.16. The molecule has 0 spiro atoms. The maximum Gasteiger partial charge on any atom is 0.358 e. The molecule has 0 atom stereocenters. The van der Waals surface area contributed by atoms with Gasteiger partial charge in [-0.25, -0.2) is 14.2 Å². The Morgan fingerprint density at radius 2 is 2.05 bits per heavy atom. The number of rotatable bonds is 4. The second-order valence-electron chi connectivity index (χ2n) is 3.75. The lowest BCUT2D eigenvalue weighted by molar-refractivity contribution is -0.388. The largest absolute Gasteiger partial charge is 0.476 e. The number of carbonyl (C=O) groups is 1. The third kappa shape index (κ3) is 2.91. The van der Waals surface area contributed by atoms with Gasteiger partial charge in [0.2, 0.25) is 11.6 Å². The van der Waals surface area contributed by atoms with E-state index in [0.717, 1.165) is 12.3 Å². The van der Waals surface area contributed by atoms with Crippen molar-refractivity contribution in [1.29, 1.82) is 0 Å². The third-order valence-electron chi connectivity index (χ3n) is 2.37. The number of nitrogens with zero attached hydrogens (tertiary/aromatic N) is 2. The van der Waals surface area contributed by atoms with Gasteiger partial charge >= 0.3 is 11.7 Å². The molecule has 1 aromatic carbocycles. The minimum atomic E-state index is -1.45. The summed E-state index contributed by atoms with van der Waals surface area (Å²) < 4.78 is 31.5. The van der Waals surface area contributed by atoms with E-state index in [1.165, 1.54) is 6.07 Å². The van der Waals surface area contributed by atoms with E-state index in [0.29, 0.717) is 12.1 Å². The molecule has 0 amide bonds. The summed E-state index contributed by atoms with van der Waals surface area (Å²) in [7, 11) is 0. The summed E-state index contributed by atoms with van der Waals surface area (Å²) in [6.45, 7) is 0. The predicted molar refractivity (Wildman–Crippen MR) is 64.3 cm³/mol. The van der Waals surface area contributed by atoms with Gasteiger partial charge in [0.15, 0.2) is 11.4 Å². The van der Waals surface area contributed by atoms with Crippen LogP contribution in [0.4, 0.5) is 14.5 Å². The Morgan fingerprint density at radius 1 is 1.33 bits per heavy atom. The quantitative estimate of drug-likeness (QED) is 0.687. The number of carboxylic acid groups (broad SMARTS) is 1. The van der Waals surface area contributed by atoms with E-state index in [1.54, 1.807) is 0 Å². The van der Waals surface area contributed by atoms with Crippen LogP contribution in [0.1, 0.15) is 10.5 Å². The molecule has 21 heavy (non-hydrogen) atoms. The molecule has 0 saturated heterocycles. The highest BCUT2D eigenvalue weighted by molar-refractivity contribution is 5.88. The molecule has 0 radical (unpaired) electrons. The van der Waals surface area contributed by atoms with Crippen LogP contribution in [0.2, 0.25) is 0 Å². The Labute approximate surface area is 115 Å². The lowest BCUT2D eigenvalue weighted by Crippen LogP contribution is -2.04. The van der Waals surface area contributed by atoms with Gasteiger partial charge in [-0.1, -0.05) is 0 Å². The van der Waals surface area contributed by atoms with Gasteiger partial charge in [0.25, 0.3) is 0 Å². The topological polar surface area (TPSA) is 103 Å². The highest BCUT2D eigenvalue weighted by Gasteiger charge is 2.25. The SMILES string of the molecule is O=C(O)c1ncccc1Oc1cc(F)cc(F)c1[N+](=O)[O-]. The molecule has 0 fully saturated rings. The van der Waals surface area contributed by atoms with Gasteiger partial charge < -0.3 is 9.84 Å². The molecule has 0 unspecified atom stereocenters. The van der Waals surface area contributed by atoms with E-state index in [1.807, 2.05) is 0 Å². The number of aromatic nitrogens is 1. The van der Waals surface area contributed by atoms with E-state index in [2.05, 4.69) is 4.98 Å². The number of nitro benzene ring substituents is 1. The molecule has 1 N–H and O–H groups in total. The van der Waals surface area contributed by atoms with Crippen LogP contribution >= 0.6 is 0 Å². The Kier molecular flexibility index (Phi) is 3.74. The minimum Gasteiger partial charge on any atom is -0.476 e. The smallest absolute Gasteiger partial charge is 0.358 e. The lowest BCUT2D eigenvalue weighted by Gasteiger charge is -2.08. The molecule has 1 aromatic heterocycles. The normalized spacial score (nSPS) is 10.2. The number of hydrogen-bond donors (Lipinski definition) is 1. The van der Waals surface area contributed by atoms with Crippen LogP contribution in [0.15, 0.2) is 30.5 Å². The Balaban J connectivity index is 2.54. The molecule has 7 nitrogen and oxygen atoms in total. The predicted octanol–water partition coefficient (Wildman–Crippen LogP) is 2.76. The van der Waals surface area contributed by atoms with Crippen molar-refractivity contribution < 1.29 is 28.3 Å². The lowest BCUT2D eigenvalue weighted by atomic mass is 10.2. The molecule has 1 heterocycles. The first kappa shape index (κ1) is 14.3. The number of halogens is 2. The highest BCUT2D eigenvalue weighted by atomic mass is 19.1. The van der Waals surface area contributed by atoms with Crippen molar-refractivity contribution in [3.63, 3.8) is 0 Å². The molecule has 9 heteroatoms. The zero-order valence-corrected chi connectivity index (χ0v) is 10.1. The second-order valence-corrected chi connectivity index (χ2v) is 3.75. The summed E-state index contributed by atoms with van der Waals surface area (Å²) in [6, 6.07) is 3.37. The van der Waals surface area contributed by atoms with Crippen LogP contribution in [-0.4, -0.2) is 21.0 Å². The van der Waals surface area contributed by atoms with E-state index < -0.39 is 39.7 Å². The fourth-order valence-electron chi connectivity index (χ4n) is 1.55. The van der Waals surface area contributed by atoms with Crippen molar-refractivity contribution in [3.05, 3.63) is 57.9 Å². The monoisotopic (exact) mass is 296 g/mol. The average molecular weight is 296 g/mol. The summed E-state index contributed by atoms with van der Waals surface area (Å²) in [5, 5.41) is 19.7. The number of pyridine rings is 1. The second kappa shape index (κ2) is 5.49. The third-order valence-corrected chi connectivity index (χ3v) is 2.37. The summed E-state index contributed by atoms with van der Waals surface area (Å²) in [4.78, 5) is 24.1. The molecule has 0 aliphatic heterocycles. The van der Waals surface area contributed by atoms with Crippen LogP contribution < -0.4 is 4.74 Å². The number of benzene rings is 1. The first-order chi connectivity index (χ1) is 9.90. The number of aromatic carboxylic acids is 1. The number of hydrogen-bond acceptors (Lipinski definition) is 5. The van der Waals surface area contributed by atoms with Gasteiger partial charge in [-0.05, 0) is 12.1 Å². The molecule has 108 valence electrons. The van der Waals surface area contributed by atoms with Crippen molar-refractivity contribution in [3.8, 4) is 11.5 Å². The van der Waals surface area contributed by atoms with Gasteiger partial charge in [0.05, 0.1) is 4.92 Å². The minimum absolute atomic E-state index is 0.326. The zero-order valence-electron chi connectivity index (χ0n) is 10.1. The molecule has 2 rings (SSSR count). The van der Waals surface area contributed by atoms with Crippen molar-refractivity contribution in [1.82, 2.24) is 4.98 Å². The maximum atomic E-state index is 13.4. The van der Waals surface area contributed by atoms with Gasteiger partial charge in [-0.2, -0.15) is 4.39 Å². The molecule has 0 bridgehead atoms. The van der Waals surface area contributed by atoms with Crippen LogP contribution in [0, 0.1) is 21.7 Å². The highest BCUT2D eigenvalue weighted by Crippen LogP contribution is 2.35. The average Bonchev–Trinajstić information content (AvgIpc) is 2.37. The molecule has 2 aromatic rings. The van der Waals surface area contributed by atoms with Gasteiger partial charge in [-0.3, -0.25) is 10.1 Å². The molecule has 0 aliphatic carbocycles. The number of ether oxygens (including phenoxy) is 1.